The fourth-order valence-electron chi connectivity index (χ4n) is 4.56. The summed E-state index contributed by atoms with van der Waals surface area (Å²) < 4.78 is 22.9. The van der Waals surface area contributed by atoms with Gasteiger partial charge in [-0.25, -0.2) is 0 Å². The first kappa shape index (κ1) is 42.0. The van der Waals surface area contributed by atoms with Gasteiger partial charge in [0.05, 0.1) is 39.9 Å². The monoisotopic (exact) mass is 630 g/mol. The molecule has 0 heterocycles. The molecular formula is C34H67N2O6P. The van der Waals surface area contributed by atoms with Gasteiger partial charge in [0.15, 0.2) is 0 Å². The maximum absolute atomic E-state index is 12.7. The second-order valence-electron chi connectivity index (χ2n) is 12.9. The van der Waals surface area contributed by atoms with Crippen LogP contribution in [-0.2, 0) is 18.4 Å². The SMILES string of the molecule is CCCC/C=C/CC/C=C/C(O)C(COP(=O)([O-])OCC[N+](C)(C)C)NC(=O)CCCCCCCCCCCCCCC. The Morgan fingerprint density at radius 2 is 1.30 bits per heavy atom. The van der Waals surface area contributed by atoms with Crippen LogP contribution in [0.3, 0.4) is 0 Å². The maximum Gasteiger partial charge on any atom is 0.268 e. The molecule has 0 bridgehead atoms. The summed E-state index contributed by atoms with van der Waals surface area (Å²) in [6, 6.07) is -0.893. The first-order valence-electron chi connectivity index (χ1n) is 17.2. The fraction of sp³-hybridized carbons (Fsp3) is 0.853. The van der Waals surface area contributed by atoms with Crippen molar-refractivity contribution in [1.29, 1.82) is 0 Å². The number of nitrogens with one attached hydrogen (secondary N) is 1. The van der Waals surface area contributed by atoms with Gasteiger partial charge in [0.25, 0.3) is 7.82 Å². The van der Waals surface area contributed by atoms with Crippen LogP contribution in [0.4, 0.5) is 0 Å². The number of hydrogen-bond acceptors (Lipinski definition) is 6. The molecule has 43 heavy (non-hydrogen) atoms. The number of aliphatic hydroxyl groups excluding tert-OH is 1. The van der Waals surface area contributed by atoms with Crippen molar-refractivity contribution in [3.05, 3.63) is 24.3 Å². The summed E-state index contributed by atoms with van der Waals surface area (Å²) in [4.78, 5) is 25.0. The predicted molar refractivity (Wildman–Crippen MR) is 178 cm³/mol. The van der Waals surface area contributed by atoms with Crippen LogP contribution in [0, 0.1) is 0 Å². The number of amides is 1. The Bertz CT molecular complexity index is 768. The molecule has 0 saturated heterocycles. The largest absolute Gasteiger partial charge is 0.756 e. The number of likely N-dealkylation sites (N-methyl/N-ethyl adjacent to an activating group) is 1. The average molecular weight is 631 g/mol. The van der Waals surface area contributed by atoms with Gasteiger partial charge in [0, 0.05) is 6.42 Å². The molecule has 0 aliphatic heterocycles. The molecule has 0 aliphatic rings. The molecule has 8 nitrogen and oxygen atoms in total. The van der Waals surface area contributed by atoms with Crippen molar-refractivity contribution in [3.8, 4) is 0 Å². The first-order valence-corrected chi connectivity index (χ1v) is 18.7. The van der Waals surface area contributed by atoms with E-state index in [2.05, 4.69) is 31.3 Å². The number of phosphoric ester groups is 1. The number of rotatable bonds is 30. The van der Waals surface area contributed by atoms with E-state index in [9.17, 15) is 19.4 Å². The molecule has 0 spiro atoms. The molecule has 3 atom stereocenters. The molecule has 0 aromatic heterocycles. The summed E-state index contributed by atoms with van der Waals surface area (Å²) >= 11 is 0. The molecule has 0 rings (SSSR count). The molecule has 9 heteroatoms. The number of hydrogen-bond donors (Lipinski definition) is 2. The Morgan fingerprint density at radius 3 is 1.86 bits per heavy atom. The van der Waals surface area contributed by atoms with Crippen LogP contribution in [-0.4, -0.2) is 68.5 Å². The van der Waals surface area contributed by atoms with Crippen LogP contribution in [0.15, 0.2) is 24.3 Å². The maximum atomic E-state index is 12.7. The van der Waals surface area contributed by atoms with Gasteiger partial charge in [-0.05, 0) is 25.7 Å². The molecule has 3 unspecified atom stereocenters. The highest BCUT2D eigenvalue weighted by molar-refractivity contribution is 7.45. The Kier molecular flexibility index (Phi) is 26.7. The van der Waals surface area contributed by atoms with Crippen molar-refractivity contribution in [2.45, 2.75) is 148 Å². The number of carbonyl (C=O) groups is 1. The number of quaternary nitrogens is 1. The lowest BCUT2D eigenvalue weighted by molar-refractivity contribution is -0.870. The van der Waals surface area contributed by atoms with Gasteiger partial charge in [0.1, 0.15) is 13.2 Å². The van der Waals surface area contributed by atoms with E-state index in [1.165, 1.54) is 77.0 Å². The second-order valence-corrected chi connectivity index (χ2v) is 14.3. The summed E-state index contributed by atoms with van der Waals surface area (Å²) in [5.74, 6) is -0.213. The quantitative estimate of drug-likeness (QED) is 0.0366. The third kappa shape index (κ3) is 29.5. The molecule has 254 valence electrons. The smallest absolute Gasteiger partial charge is 0.268 e. The molecule has 1 amide bonds. The van der Waals surface area contributed by atoms with Crippen molar-refractivity contribution < 1.29 is 32.9 Å². The first-order chi connectivity index (χ1) is 20.5. The van der Waals surface area contributed by atoms with E-state index in [1.54, 1.807) is 6.08 Å². The van der Waals surface area contributed by atoms with Crippen molar-refractivity contribution in [2.75, 3.05) is 40.9 Å². The fourth-order valence-corrected chi connectivity index (χ4v) is 5.29. The normalized spacial score (nSPS) is 15.2. The topological polar surface area (TPSA) is 108 Å². The molecule has 2 N–H and O–H groups in total. The van der Waals surface area contributed by atoms with Crippen LogP contribution in [0.1, 0.15) is 136 Å². The molecule has 0 radical (unpaired) electrons. The molecule has 0 aromatic carbocycles. The Labute approximate surface area is 264 Å². The number of aliphatic hydroxyl groups is 1. The number of allylic oxidation sites excluding steroid dienone is 3. The zero-order valence-corrected chi connectivity index (χ0v) is 29.3. The Morgan fingerprint density at radius 1 is 0.791 bits per heavy atom. The van der Waals surface area contributed by atoms with Gasteiger partial charge in [-0.1, -0.05) is 128 Å². The highest BCUT2D eigenvalue weighted by Crippen LogP contribution is 2.38. The third-order valence-corrected chi connectivity index (χ3v) is 8.38. The second kappa shape index (κ2) is 27.3. The van der Waals surface area contributed by atoms with Crippen LogP contribution >= 0.6 is 7.82 Å². The zero-order valence-electron chi connectivity index (χ0n) is 28.4. The Hall–Kier alpha value is -1.02. The highest BCUT2D eigenvalue weighted by Gasteiger charge is 2.23. The number of carbonyl (C=O) groups excluding carboxylic acids is 1. The summed E-state index contributed by atoms with van der Waals surface area (Å²) in [5, 5.41) is 13.6. The van der Waals surface area contributed by atoms with Gasteiger partial charge in [-0.3, -0.25) is 9.36 Å². The average Bonchev–Trinajstić information content (AvgIpc) is 2.94. The standard InChI is InChI=1S/C34H67N2O6P/c1-6-8-10-12-14-16-17-18-19-20-22-24-26-28-34(38)35-32(31-42-43(39,40)41-30-29-36(3,4)5)33(37)27-25-23-21-15-13-11-9-7-2/h13,15,25,27,32-33,37H,6-12,14,16-24,26,28-31H2,1-5H3,(H-,35,38,39,40)/b15-13+,27-25+. The summed E-state index contributed by atoms with van der Waals surface area (Å²) in [6.07, 6.45) is 28.0. The lowest BCUT2D eigenvalue weighted by Crippen LogP contribution is -2.45. The number of phosphoric acid groups is 1. The van der Waals surface area contributed by atoms with E-state index in [-0.39, 0.29) is 12.5 Å². The molecule has 0 aliphatic carbocycles. The minimum Gasteiger partial charge on any atom is -0.756 e. The lowest BCUT2D eigenvalue weighted by Gasteiger charge is -2.29. The van der Waals surface area contributed by atoms with Crippen LogP contribution < -0.4 is 10.2 Å². The minimum atomic E-state index is -4.57. The van der Waals surface area contributed by atoms with Gasteiger partial charge in [0.2, 0.25) is 5.91 Å². The van der Waals surface area contributed by atoms with E-state index < -0.39 is 26.6 Å². The van der Waals surface area contributed by atoms with Crippen molar-refractivity contribution in [1.82, 2.24) is 5.32 Å². The van der Waals surface area contributed by atoms with E-state index in [4.69, 9.17) is 9.05 Å². The number of unbranched alkanes of at least 4 members (excludes halogenated alkanes) is 15. The van der Waals surface area contributed by atoms with Crippen LogP contribution in [0.5, 0.6) is 0 Å². The van der Waals surface area contributed by atoms with Gasteiger partial charge >= 0.3 is 0 Å². The predicted octanol–water partition coefficient (Wildman–Crippen LogP) is 7.60. The molecule has 0 aromatic rings. The van der Waals surface area contributed by atoms with Crippen molar-refractivity contribution in [2.24, 2.45) is 0 Å². The van der Waals surface area contributed by atoms with Gasteiger partial charge < -0.3 is 28.8 Å². The lowest BCUT2D eigenvalue weighted by atomic mass is 10.0. The Balaban J connectivity index is 4.56. The van der Waals surface area contributed by atoms with Crippen molar-refractivity contribution >= 4 is 13.7 Å². The van der Waals surface area contributed by atoms with E-state index in [0.29, 0.717) is 17.4 Å². The van der Waals surface area contributed by atoms with Crippen LogP contribution in [0.2, 0.25) is 0 Å². The van der Waals surface area contributed by atoms with E-state index in [1.807, 2.05) is 27.2 Å². The molecular weight excluding hydrogens is 563 g/mol. The van der Waals surface area contributed by atoms with Gasteiger partial charge in [-0.2, -0.15) is 0 Å². The van der Waals surface area contributed by atoms with E-state index in [0.717, 1.165) is 38.5 Å². The summed E-state index contributed by atoms with van der Waals surface area (Å²) in [7, 11) is 1.24. The number of nitrogens with zero attached hydrogens (tertiary/aromatic N) is 1. The van der Waals surface area contributed by atoms with Crippen LogP contribution in [0.25, 0.3) is 0 Å². The molecule has 0 fully saturated rings. The van der Waals surface area contributed by atoms with Gasteiger partial charge in [-0.15, -0.1) is 0 Å². The third-order valence-electron chi connectivity index (χ3n) is 7.41. The van der Waals surface area contributed by atoms with E-state index >= 15 is 0 Å². The minimum absolute atomic E-state index is 0.00538. The zero-order chi connectivity index (χ0) is 32.2. The summed E-state index contributed by atoms with van der Waals surface area (Å²) in [6.45, 7) is 4.51. The highest BCUT2D eigenvalue weighted by atomic mass is 31.2. The molecule has 0 saturated carbocycles. The summed E-state index contributed by atoms with van der Waals surface area (Å²) in [5.41, 5.74) is 0. The van der Waals surface area contributed by atoms with Crippen molar-refractivity contribution in [3.63, 3.8) is 0 Å².